The maximum absolute atomic E-state index is 15.0. The fourth-order valence-corrected chi connectivity index (χ4v) is 10.8. The summed E-state index contributed by atoms with van der Waals surface area (Å²) in [6, 6.07) is 0. The highest BCUT2D eigenvalue weighted by molar-refractivity contribution is 6.16. The minimum Gasteiger partial charge on any atom is -0.507 e. The summed E-state index contributed by atoms with van der Waals surface area (Å²) in [5.74, 6) is -3.88. The van der Waals surface area contributed by atoms with E-state index in [-0.39, 0.29) is 87.2 Å². The maximum Gasteiger partial charge on any atom is 0.317 e. The Morgan fingerprint density at radius 2 is 1.58 bits per heavy atom. The molecule has 2 aromatic rings. The summed E-state index contributed by atoms with van der Waals surface area (Å²) in [5, 5.41) is 46.8. The third-order valence-electron chi connectivity index (χ3n) is 15.1. The van der Waals surface area contributed by atoms with E-state index in [2.05, 4.69) is 36.0 Å². The number of anilines is 1. The number of allylic oxidation sites excluding steroid dienone is 4. The molecule has 4 bridgehead atoms. The lowest BCUT2D eigenvalue weighted by molar-refractivity contribution is -0.167. The number of hydrogen-bond donors (Lipinski definition) is 5. The number of nitrogens with zero attached hydrogens (tertiary/aromatic N) is 4. The smallest absolute Gasteiger partial charge is 0.317 e. The Morgan fingerprint density at radius 1 is 0.919 bits per heavy atom. The van der Waals surface area contributed by atoms with Crippen molar-refractivity contribution < 1.29 is 58.6 Å². The van der Waals surface area contributed by atoms with Crippen molar-refractivity contribution in [1.29, 1.82) is 0 Å². The number of nitrogens with one attached hydrogen (secondary N) is 1. The molecule has 5 aliphatic heterocycles. The number of methoxy groups -OCH3 is 1. The van der Waals surface area contributed by atoms with Crippen LogP contribution in [0.3, 0.4) is 0 Å². The normalized spacial score (nSPS) is 27.0. The molecular formula is C57H85N5O12. The zero-order valence-corrected chi connectivity index (χ0v) is 46.0. The number of esters is 2. The second-order valence-corrected chi connectivity index (χ2v) is 21.5. The summed E-state index contributed by atoms with van der Waals surface area (Å²) in [5.41, 5.74) is -0.315. The molecule has 1 spiro atoms. The Morgan fingerprint density at radius 3 is 2.22 bits per heavy atom. The summed E-state index contributed by atoms with van der Waals surface area (Å²) >= 11 is 0. The van der Waals surface area contributed by atoms with Gasteiger partial charge in [0.2, 0.25) is 0 Å². The number of carbonyl (C=O) groups is 4. The van der Waals surface area contributed by atoms with Crippen LogP contribution in [-0.4, -0.2) is 145 Å². The Hall–Kier alpha value is -5.20. The molecular weight excluding hydrogens is 947 g/mol. The lowest BCUT2D eigenvalue weighted by Gasteiger charge is -2.37. The molecule has 74 heavy (non-hydrogen) atoms. The fourth-order valence-electron chi connectivity index (χ4n) is 10.8. The van der Waals surface area contributed by atoms with Gasteiger partial charge in [-0.25, -0.2) is 0 Å². The minimum atomic E-state index is -0.952. The number of phenolic OH excluding ortho intramolecular Hbond substituents is 2. The van der Waals surface area contributed by atoms with E-state index in [0.29, 0.717) is 50.3 Å². The molecule has 7 atom stereocenters. The van der Waals surface area contributed by atoms with Gasteiger partial charge in [0.25, 0.3) is 5.91 Å². The number of fused-ring (bicyclic) bond motifs is 14. The van der Waals surface area contributed by atoms with Crippen LogP contribution in [-0.2, 0) is 28.6 Å². The predicted octanol–water partition coefficient (Wildman–Crippen LogP) is 6.74. The molecule has 0 unspecified atom stereocenters. The van der Waals surface area contributed by atoms with E-state index < -0.39 is 71.6 Å². The van der Waals surface area contributed by atoms with Gasteiger partial charge in [-0.15, -0.1) is 0 Å². The zero-order chi connectivity index (χ0) is 54.6. The Labute approximate surface area is 437 Å². The molecule has 410 valence electrons. The van der Waals surface area contributed by atoms with Crippen LogP contribution < -0.4 is 20.8 Å². The topological polar surface area (TPSA) is 229 Å². The first-order chi connectivity index (χ1) is 35.2. The monoisotopic (exact) mass is 1030 g/mol. The lowest BCUT2D eigenvalue weighted by atomic mass is 9.79. The van der Waals surface area contributed by atoms with Crippen LogP contribution in [0.1, 0.15) is 123 Å². The van der Waals surface area contributed by atoms with Crippen molar-refractivity contribution in [2.45, 2.75) is 138 Å². The van der Waals surface area contributed by atoms with Crippen LogP contribution in [0.5, 0.6) is 17.2 Å². The highest BCUT2D eigenvalue weighted by Crippen LogP contribution is 2.46. The molecule has 5 N–H and O–H groups in total. The van der Waals surface area contributed by atoms with Gasteiger partial charge in [-0.05, 0) is 83.3 Å². The van der Waals surface area contributed by atoms with Crippen molar-refractivity contribution >= 4 is 40.1 Å². The summed E-state index contributed by atoms with van der Waals surface area (Å²) in [6.45, 7) is 21.8. The molecule has 1 amide bonds. The van der Waals surface area contributed by atoms with E-state index in [1.165, 1.54) is 7.11 Å². The minimum absolute atomic E-state index is 0.0138. The van der Waals surface area contributed by atoms with Crippen LogP contribution in [0.25, 0.3) is 10.8 Å². The van der Waals surface area contributed by atoms with Crippen molar-refractivity contribution in [3.63, 3.8) is 0 Å². The van der Waals surface area contributed by atoms with E-state index in [1.54, 1.807) is 38.2 Å². The number of likely N-dealkylation sites (tertiary alicyclic amines) is 2. The third-order valence-corrected chi connectivity index (χ3v) is 15.1. The van der Waals surface area contributed by atoms with Crippen molar-refractivity contribution in [1.82, 2.24) is 9.80 Å². The molecule has 2 saturated heterocycles. The van der Waals surface area contributed by atoms with Gasteiger partial charge in [0.1, 0.15) is 35.1 Å². The number of carbonyl (C=O) groups excluding carboxylic acids is 4. The number of aliphatic hydroxyl groups is 2. The van der Waals surface area contributed by atoms with E-state index >= 15 is 4.79 Å². The van der Waals surface area contributed by atoms with Crippen LogP contribution in [0.15, 0.2) is 45.9 Å². The number of rotatable bonds is 11. The van der Waals surface area contributed by atoms with Crippen molar-refractivity contribution in [2.75, 3.05) is 72.5 Å². The Balaban J connectivity index is 0.00000501. The number of Topliss-reactive ketones (excluding diaryl/α,β-unsaturated/α-hetero) is 1. The molecule has 0 aliphatic carbocycles. The fraction of sp³-hybridized carbons (Fsp3) is 0.649. The van der Waals surface area contributed by atoms with Gasteiger partial charge in [0, 0.05) is 81.5 Å². The lowest BCUT2D eigenvalue weighted by Crippen LogP contribution is -2.44. The molecule has 2 aromatic carbocycles. The average Bonchev–Trinajstić information content (AvgIpc) is 3.74. The second-order valence-electron chi connectivity index (χ2n) is 21.5. The maximum atomic E-state index is 15.0. The molecule has 0 saturated carbocycles. The van der Waals surface area contributed by atoms with Crippen LogP contribution in [0.4, 0.5) is 5.69 Å². The van der Waals surface area contributed by atoms with Gasteiger partial charge >= 0.3 is 11.9 Å². The number of piperidine rings is 2. The van der Waals surface area contributed by atoms with Crippen LogP contribution in [0.2, 0.25) is 0 Å². The number of amides is 1. The van der Waals surface area contributed by atoms with E-state index in [4.69, 9.17) is 34.0 Å². The SMILES string of the molecule is CCCOc1c(C)c(O)c2c(O)c3c4c(c2c1C(=O)C/C=C/[C@H](OC)[C@@H](C)[C@@H](OC(=O)CC(=O)OCC1CCN(C)CC1)[C@H](C)[C@H](O)[C@H](C)C[C@@H](C)/C=C/C=C(/C)C(=O)N3)=NC1(CCN(CC(C)C)CC1)N=4.CO. The highest BCUT2D eigenvalue weighted by atomic mass is 16.6. The number of aliphatic hydroxyl groups excluding tert-OH is 2. The zero-order valence-electron chi connectivity index (χ0n) is 46.0. The molecule has 17 heteroatoms. The number of ether oxygens (including phenoxy) is 4. The van der Waals surface area contributed by atoms with Crippen molar-refractivity contribution in [3.05, 3.63) is 57.8 Å². The van der Waals surface area contributed by atoms with Gasteiger partial charge in [-0.3, -0.25) is 29.2 Å². The predicted molar refractivity (Wildman–Crippen MR) is 285 cm³/mol. The summed E-state index contributed by atoms with van der Waals surface area (Å²) < 4.78 is 24.0. The van der Waals surface area contributed by atoms with Gasteiger partial charge in [0.05, 0.1) is 41.7 Å². The second kappa shape index (κ2) is 27.0. The highest BCUT2D eigenvalue weighted by Gasteiger charge is 2.41. The number of hydrogen-bond acceptors (Lipinski definition) is 16. The number of phenols is 2. The molecule has 5 aliphatic rings. The van der Waals surface area contributed by atoms with E-state index in [1.807, 2.05) is 40.7 Å². The molecule has 17 nitrogen and oxygen atoms in total. The van der Waals surface area contributed by atoms with Gasteiger partial charge in [-0.2, -0.15) is 0 Å². The number of benzene rings is 2. The Bertz CT molecular complexity index is 2520. The van der Waals surface area contributed by atoms with Crippen LogP contribution in [0, 0.1) is 42.4 Å². The summed E-state index contributed by atoms with van der Waals surface area (Å²) in [4.78, 5) is 70.9. The number of ketones is 1. The first kappa shape index (κ1) is 59.7. The van der Waals surface area contributed by atoms with E-state index in [9.17, 15) is 29.7 Å². The molecule has 7 rings (SSSR count). The Kier molecular flexibility index (Phi) is 21.8. The quantitative estimate of drug-likeness (QED) is 0.0680. The van der Waals surface area contributed by atoms with Crippen LogP contribution >= 0.6 is 0 Å². The van der Waals surface area contributed by atoms with Gasteiger partial charge in [0.15, 0.2) is 17.2 Å². The molecule has 2 fully saturated rings. The molecule has 0 aromatic heterocycles. The number of aromatic hydroxyl groups is 2. The summed E-state index contributed by atoms with van der Waals surface area (Å²) in [6.07, 6.45) is 9.41. The van der Waals surface area contributed by atoms with Gasteiger partial charge < -0.3 is 54.5 Å². The first-order valence-corrected chi connectivity index (χ1v) is 26.6. The van der Waals surface area contributed by atoms with E-state index in [0.717, 1.165) is 39.6 Å². The van der Waals surface area contributed by atoms with Crippen molar-refractivity contribution in [2.24, 2.45) is 45.5 Å². The van der Waals surface area contributed by atoms with Crippen molar-refractivity contribution in [3.8, 4) is 17.2 Å². The average molecular weight is 1030 g/mol. The summed E-state index contributed by atoms with van der Waals surface area (Å²) in [7, 11) is 4.57. The third kappa shape index (κ3) is 14.4. The first-order valence-electron chi connectivity index (χ1n) is 26.6. The standard InChI is InChI=1S/C56H81N5O11.CH4O/c1-12-27-70-54-38(9)51(66)46-45-44(54)40(62)17-14-18-41(69-11)36(7)53(72-43(64)29-42(63)71-31-39-19-23-60(10)24-20-39)37(8)50(65)35(6)28-33(4)15-13-16-34(5)55(68)57-49(52(46)67)48-47(45)58-56(59-48)21-25-61(26-22-56)30-32(2)3;1-2/h13-16,18,32-33,35-37,39,41,50,53,65-67H,12,17,19-31H2,1-11H3,(H,57,68);2H,1H3/b15-13+,18-14+,34-16-;/t33-,35+,36+,37+,41-,50+,53+;/m0./s1. The van der Waals surface area contributed by atoms with Gasteiger partial charge in [-0.1, -0.05) is 78.8 Å². The largest absolute Gasteiger partial charge is 0.507 e. The molecule has 5 heterocycles. The molecule has 0 radical (unpaired) electrons.